The van der Waals surface area contributed by atoms with E-state index in [-0.39, 0.29) is 10.8 Å². The maximum atomic E-state index is 12.3. The van der Waals surface area contributed by atoms with Crippen LogP contribution in [0.3, 0.4) is 0 Å². The fourth-order valence-electron chi connectivity index (χ4n) is 2.16. The molecule has 0 saturated carbocycles. The van der Waals surface area contributed by atoms with Crippen molar-refractivity contribution in [3.8, 4) is 0 Å². The van der Waals surface area contributed by atoms with Crippen LogP contribution in [-0.2, 0) is 6.54 Å². The summed E-state index contributed by atoms with van der Waals surface area (Å²) in [5.74, 6) is 0. The van der Waals surface area contributed by atoms with E-state index in [1.807, 2.05) is 43.3 Å². The molecule has 0 bridgehead atoms. The highest BCUT2D eigenvalue weighted by atomic mass is 35.5. The molecular weight excluding hydrogens is 248 g/mol. The van der Waals surface area contributed by atoms with Gasteiger partial charge in [0.25, 0.3) is 5.56 Å². The van der Waals surface area contributed by atoms with Crippen LogP contribution in [0.2, 0.25) is 5.28 Å². The zero-order valence-electron chi connectivity index (χ0n) is 9.85. The molecule has 0 aliphatic carbocycles. The van der Waals surface area contributed by atoms with Crippen LogP contribution in [0.4, 0.5) is 0 Å². The summed E-state index contributed by atoms with van der Waals surface area (Å²) in [6, 6.07) is 11.7. The second-order valence-corrected chi connectivity index (χ2v) is 4.48. The van der Waals surface area contributed by atoms with Crippen LogP contribution in [0, 0.1) is 0 Å². The zero-order chi connectivity index (χ0) is 12.7. The van der Waals surface area contributed by atoms with Gasteiger partial charge >= 0.3 is 0 Å². The Morgan fingerprint density at radius 2 is 1.89 bits per heavy atom. The SMILES string of the molecule is CCn1c(Cl)nc2cc3ccccc3cc2c1=O. The van der Waals surface area contributed by atoms with E-state index in [0.717, 1.165) is 10.8 Å². The summed E-state index contributed by atoms with van der Waals surface area (Å²) >= 11 is 6.01. The summed E-state index contributed by atoms with van der Waals surface area (Å²) in [7, 11) is 0. The molecule has 3 nitrogen and oxygen atoms in total. The zero-order valence-corrected chi connectivity index (χ0v) is 10.6. The number of nitrogens with zero attached hydrogens (tertiary/aromatic N) is 2. The second-order valence-electron chi connectivity index (χ2n) is 4.15. The normalized spacial score (nSPS) is 11.2. The highest BCUT2D eigenvalue weighted by molar-refractivity contribution is 6.28. The Bertz CT molecular complexity index is 808. The summed E-state index contributed by atoms with van der Waals surface area (Å²) in [6.07, 6.45) is 0. The van der Waals surface area contributed by atoms with Gasteiger partial charge < -0.3 is 0 Å². The molecule has 2 aromatic carbocycles. The van der Waals surface area contributed by atoms with Gasteiger partial charge in [-0.1, -0.05) is 24.3 Å². The van der Waals surface area contributed by atoms with E-state index in [9.17, 15) is 4.79 Å². The number of rotatable bonds is 1. The van der Waals surface area contributed by atoms with Gasteiger partial charge in [0, 0.05) is 6.54 Å². The molecule has 0 radical (unpaired) electrons. The summed E-state index contributed by atoms with van der Waals surface area (Å²) in [4.78, 5) is 16.5. The van der Waals surface area contributed by atoms with Crippen molar-refractivity contribution in [1.82, 2.24) is 9.55 Å². The average Bonchev–Trinajstić information content (AvgIpc) is 2.37. The largest absolute Gasteiger partial charge is 0.283 e. The first-order chi connectivity index (χ1) is 8.70. The molecule has 1 heterocycles. The molecule has 3 rings (SSSR count). The summed E-state index contributed by atoms with van der Waals surface area (Å²) in [5, 5.41) is 2.95. The number of benzene rings is 2. The summed E-state index contributed by atoms with van der Waals surface area (Å²) in [6.45, 7) is 2.40. The lowest BCUT2D eigenvalue weighted by Gasteiger charge is -2.07. The smallest absolute Gasteiger partial charge is 0.262 e. The van der Waals surface area contributed by atoms with E-state index in [1.54, 1.807) is 0 Å². The van der Waals surface area contributed by atoms with Crippen LogP contribution in [0.1, 0.15) is 6.92 Å². The van der Waals surface area contributed by atoms with Crippen molar-refractivity contribution in [3.63, 3.8) is 0 Å². The number of fused-ring (bicyclic) bond motifs is 2. The third kappa shape index (κ3) is 1.59. The first kappa shape index (κ1) is 11.2. The Kier molecular flexibility index (Phi) is 2.56. The van der Waals surface area contributed by atoms with Crippen molar-refractivity contribution in [2.45, 2.75) is 13.5 Å². The van der Waals surface area contributed by atoms with Crippen LogP contribution in [0.5, 0.6) is 0 Å². The van der Waals surface area contributed by atoms with Crippen LogP contribution < -0.4 is 5.56 Å². The van der Waals surface area contributed by atoms with E-state index in [2.05, 4.69) is 4.98 Å². The third-order valence-corrected chi connectivity index (χ3v) is 3.38. The Labute approximate surface area is 109 Å². The van der Waals surface area contributed by atoms with Gasteiger partial charge in [-0.2, -0.15) is 0 Å². The quantitative estimate of drug-likeness (QED) is 0.496. The molecule has 0 unspecified atom stereocenters. The molecule has 18 heavy (non-hydrogen) atoms. The van der Waals surface area contributed by atoms with E-state index in [1.165, 1.54) is 4.57 Å². The molecule has 0 saturated heterocycles. The molecule has 0 amide bonds. The highest BCUT2D eigenvalue weighted by Gasteiger charge is 2.08. The van der Waals surface area contributed by atoms with Crippen molar-refractivity contribution in [3.05, 3.63) is 52.0 Å². The van der Waals surface area contributed by atoms with Crippen molar-refractivity contribution in [1.29, 1.82) is 0 Å². The van der Waals surface area contributed by atoms with Gasteiger partial charge in [-0.05, 0) is 41.4 Å². The minimum Gasteiger partial charge on any atom is -0.283 e. The molecular formula is C14H11ClN2O. The maximum Gasteiger partial charge on any atom is 0.262 e. The van der Waals surface area contributed by atoms with Gasteiger partial charge in [-0.15, -0.1) is 0 Å². The molecule has 3 aromatic rings. The van der Waals surface area contributed by atoms with Gasteiger partial charge in [-0.25, -0.2) is 4.98 Å². The Morgan fingerprint density at radius 1 is 1.22 bits per heavy atom. The molecule has 0 aliphatic rings. The third-order valence-electron chi connectivity index (χ3n) is 3.09. The average molecular weight is 259 g/mol. The predicted molar refractivity (Wildman–Crippen MR) is 74.2 cm³/mol. The van der Waals surface area contributed by atoms with Crippen molar-refractivity contribution < 1.29 is 0 Å². The number of hydrogen-bond donors (Lipinski definition) is 0. The lowest BCUT2D eigenvalue weighted by molar-refractivity contribution is 0.719. The molecule has 0 aliphatic heterocycles. The van der Waals surface area contributed by atoms with Gasteiger partial charge in [-0.3, -0.25) is 9.36 Å². The van der Waals surface area contributed by atoms with E-state index < -0.39 is 0 Å². The first-order valence-corrected chi connectivity index (χ1v) is 6.17. The minimum atomic E-state index is -0.0850. The van der Waals surface area contributed by atoms with Crippen LogP contribution in [0.15, 0.2) is 41.2 Å². The number of hydrogen-bond acceptors (Lipinski definition) is 2. The van der Waals surface area contributed by atoms with Crippen LogP contribution in [0.25, 0.3) is 21.7 Å². The van der Waals surface area contributed by atoms with Gasteiger partial charge in [0.2, 0.25) is 5.28 Å². The lowest BCUT2D eigenvalue weighted by atomic mass is 10.1. The maximum absolute atomic E-state index is 12.3. The fraction of sp³-hybridized carbons (Fsp3) is 0.143. The monoisotopic (exact) mass is 258 g/mol. The topological polar surface area (TPSA) is 34.9 Å². The number of aromatic nitrogens is 2. The van der Waals surface area contributed by atoms with E-state index in [0.29, 0.717) is 17.4 Å². The molecule has 0 fully saturated rings. The van der Waals surface area contributed by atoms with Gasteiger partial charge in [0.1, 0.15) is 0 Å². The Balaban J connectivity index is 2.51. The summed E-state index contributed by atoms with van der Waals surface area (Å²) in [5.41, 5.74) is 0.562. The predicted octanol–water partition coefficient (Wildman–Crippen LogP) is 3.22. The molecule has 0 N–H and O–H groups in total. The first-order valence-electron chi connectivity index (χ1n) is 5.79. The minimum absolute atomic E-state index is 0.0850. The molecule has 1 aromatic heterocycles. The molecule has 90 valence electrons. The van der Waals surface area contributed by atoms with Gasteiger partial charge in [0.15, 0.2) is 0 Å². The van der Waals surface area contributed by atoms with Crippen LogP contribution in [-0.4, -0.2) is 9.55 Å². The molecule has 0 spiro atoms. The van der Waals surface area contributed by atoms with E-state index in [4.69, 9.17) is 11.6 Å². The highest BCUT2D eigenvalue weighted by Crippen LogP contribution is 2.20. The lowest BCUT2D eigenvalue weighted by Crippen LogP contribution is -2.21. The van der Waals surface area contributed by atoms with Crippen molar-refractivity contribution >= 4 is 33.3 Å². The fourth-order valence-corrected chi connectivity index (χ4v) is 2.44. The Morgan fingerprint density at radius 3 is 2.56 bits per heavy atom. The second kappa shape index (κ2) is 4.10. The Hall–Kier alpha value is -1.87. The standard InChI is InChI=1S/C14H11ClN2O/c1-2-17-13(18)11-7-9-5-3-4-6-10(9)8-12(11)16-14(17)15/h3-8H,2H2,1H3. The molecule has 4 heteroatoms. The van der Waals surface area contributed by atoms with Gasteiger partial charge in [0.05, 0.1) is 10.9 Å². The van der Waals surface area contributed by atoms with Crippen molar-refractivity contribution in [2.75, 3.05) is 0 Å². The van der Waals surface area contributed by atoms with E-state index >= 15 is 0 Å². The van der Waals surface area contributed by atoms with Crippen LogP contribution >= 0.6 is 11.6 Å². The number of halogens is 1. The molecule has 0 atom stereocenters. The van der Waals surface area contributed by atoms with Crippen molar-refractivity contribution in [2.24, 2.45) is 0 Å². The summed E-state index contributed by atoms with van der Waals surface area (Å²) < 4.78 is 1.47.